The summed E-state index contributed by atoms with van der Waals surface area (Å²) < 4.78 is 12.8. The highest BCUT2D eigenvalue weighted by molar-refractivity contribution is 6.23. The lowest BCUT2D eigenvalue weighted by molar-refractivity contribution is -0.739. The summed E-state index contributed by atoms with van der Waals surface area (Å²) in [4.78, 5) is 44.5. The molecule has 3 heterocycles. The maximum Gasteiger partial charge on any atom is 0.350 e. The van der Waals surface area contributed by atoms with E-state index in [1.807, 2.05) is 0 Å². The summed E-state index contributed by atoms with van der Waals surface area (Å²) in [6.45, 7) is 10.7. The third-order valence-corrected chi connectivity index (χ3v) is 15.5. The number of esters is 1. The number of fused-ring (bicyclic) bond motifs is 4. The van der Waals surface area contributed by atoms with Crippen molar-refractivity contribution in [1.29, 1.82) is 0 Å². The van der Waals surface area contributed by atoms with Crippen LogP contribution < -0.4 is 21.3 Å². The van der Waals surface area contributed by atoms with Gasteiger partial charge in [0.15, 0.2) is 17.2 Å². The zero-order chi connectivity index (χ0) is 38.2. The van der Waals surface area contributed by atoms with E-state index in [9.17, 15) is 19.5 Å². The number of carbonyl (C=O) groups excluding carboxylic acids is 3. The predicted octanol–water partition coefficient (Wildman–Crippen LogP) is 2.12. The van der Waals surface area contributed by atoms with E-state index in [-0.39, 0.29) is 43.0 Å². The second-order valence-corrected chi connectivity index (χ2v) is 19.1. The molecule has 0 bridgehead atoms. The lowest BCUT2D eigenvalue weighted by Crippen LogP contribution is -3.02. The molecule has 3 aliphatic heterocycles. The Kier molecular flexibility index (Phi) is 12.6. The molecule has 0 radical (unpaired) electrons. The number of nitrogens with two attached hydrogens (primary N) is 3. The summed E-state index contributed by atoms with van der Waals surface area (Å²) in [6.07, 6.45) is 18.8. The molecule has 0 aromatic rings. The second-order valence-electron chi connectivity index (χ2n) is 19.1. The first-order chi connectivity index (χ1) is 26.1. The van der Waals surface area contributed by atoms with Crippen LogP contribution in [0.1, 0.15) is 118 Å². The van der Waals surface area contributed by atoms with E-state index in [0.717, 1.165) is 75.6 Å². The zero-order valence-electron chi connectivity index (χ0n) is 34.0. The number of ether oxygens (including phenoxy) is 2. The first kappa shape index (κ1) is 40.3. The molecule has 7 aliphatic rings. The fraction of sp³-hybridized carbons (Fsp3) is 0.841. The summed E-state index contributed by atoms with van der Waals surface area (Å²) in [5.74, 6) is 1.02. The molecule has 13 unspecified atom stereocenters. The third kappa shape index (κ3) is 7.46. The number of aliphatic hydroxyl groups is 1. The smallest absolute Gasteiger partial charge is 0.350 e. The molecule has 0 amide bonds. The van der Waals surface area contributed by atoms with Gasteiger partial charge in [0, 0.05) is 42.9 Å². The van der Waals surface area contributed by atoms with Gasteiger partial charge in [0.25, 0.3) is 5.60 Å². The molecule has 7 rings (SSSR count). The van der Waals surface area contributed by atoms with Crippen molar-refractivity contribution in [3.05, 3.63) is 23.3 Å². The monoisotopic (exact) mass is 754 g/mol. The Morgan fingerprint density at radius 3 is 2.69 bits per heavy atom. The highest BCUT2D eigenvalue weighted by Crippen LogP contribution is 2.63. The number of ketones is 2. The van der Waals surface area contributed by atoms with E-state index in [4.69, 9.17) is 9.47 Å². The molecule has 10 nitrogen and oxygen atoms in total. The number of piperidine rings is 2. The Morgan fingerprint density at radius 1 is 1.09 bits per heavy atom. The number of hydrogen-bond acceptors (Lipinski definition) is 7. The van der Waals surface area contributed by atoms with Gasteiger partial charge in [0.2, 0.25) is 0 Å². The van der Waals surface area contributed by atoms with Gasteiger partial charge < -0.3 is 30.5 Å². The van der Waals surface area contributed by atoms with Gasteiger partial charge in [-0.3, -0.25) is 9.59 Å². The molecule has 302 valence electrons. The Bertz CT molecular complexity index is 1450. The third-order valence-electron chi connectivity index (χ3n) is 15.5. The van der Waals surface area contributed by atoms with Crippen LogP contribution in [0, 0.1) is 53.3 Å². The van der Waals surface area contributed by atoms with Crippen molar-refractivity contribution in [3.8, 4) is 0 Å². The molecule has 10 heteroatoms. The molecule has 0 aromatic carbocycles. The summed E-state index contributed by atoms with van der Waals surface area (Å²) in [6, 6.07) is 0.343. The normalized spacial score (nSPS) is 42.0. The predicted molar refractivity (Wildman–Crippen MR) is 205 cm³/mol. The summed E-state index contributed by atoms with van der Waals surface area (Å²) in [5.41, 5.74) is -1.72. The molecular weight excluding hydrogens is 681 g/mol. The SMILES string of the molecule is CC[NH2+]C1CC2C=CCCC2CC1COC(=O)C12OC1(CC(CO)=C(C)CCC1CC[NH2+]C3NC([NH2+]C)CCC13)C(=O)C1CCCC(CC(C)C)C1C2=O. The molecule has 13 atom stereocenters. The van der Waals surface area contributed by atoms with Gasteiger partial charge >= 0.3 is 5.97 Å². The molecule has 0 aromatic heterocycles. The average Bonchev–Trinajstić information content (AvgIpc) is 3.88. The van der Waals surface area contributed by atoms with Gasteiger partial charge in [-0.05, 0) is 113 Å². The topological polar surface area (TPSA) is 155 Å². The summed E-state index contributed by atoms with van der Waals surface area (Å²) in [7, 11) is 2.14. The second kappa shape index (κ2) is 16.9. The van der Waals surface area contributed by atoms with Crippen LogP contribution in [-0.4, -0.2) is 85.6 Å². The number of epoxide rings is 1. The van der Waals surface area contributed by atoms with Crippen LogP contribution in [0.4, 0.5) is 0 Å². The van der Waals surface area contributed by atoms with Crippen molar-refractivity contribution >= 4 is 17.5 Å². The van der Waals surface area contributed by atoms with Crippen molar-refractivity contribution < 1.29 is 44.9 Å². The summed E-state index contributed by atoms with van der Waals surface area (Å²) in [5, 5.41) is 21.8. The number of nitrogens with one attached hydrogen (secondary N) is 1. The Balaban J connectivity index is 1.12. The van der Waals surface area contributed by atoms with Crippen LogP contribution in [0.3, 0.4) is 0 Å². The molecule has 4 aliphatic carbocycles. The van der Waals surface area contributed by atoms with Gasteiger partial charge in [-0.15, -0.1) is 0 Å². The Labute approximate surface area is 324 Å². The zero-order valence-corrected chi connectivity index (χ0v) is 34.0. The van der Waals surface area contributed by atoms with Crippen molar-refractivity contribution in [2.24, 2.45) is 53.3 Å². The fourth-order valence-corrected chi connectivity index (χ4v) is 12.6. The Hall–Kier alpha value is -1.95. The fourth-order valence-electron chi connectivity index (χ4n) is 12.6. The van der Waals surface area contributed by atoms with Crippen LogP contribution >= 0.6 is 0 Å². The number of aliphatic hydroxyl groups excluding tert-OH is 1. The number of Topliss-reactive ketones (excluding diaryl/α,β-unsaturated/α-hetero) is 2. The molecule has 54 heavy (non-hydrogen) atoms. The van der Waals surface area contributed by atoms with E-state index in [2.05, 4.69) is 68.2 Å². The minimum absolute atomic E-state index is 0.0520. The first-order valence-electron chi connectivity index (χ1n) is 22.2. The van der Waals surface area contributed by atoms with E-state index in [1.165, 1.54) is 25.7 Å². The maximum absolute atomic E-state index is 15.0. The number of allylic oxidation sites excluding steroid dienone is 3. The number of rotatable bonds is 14. The highest BCUT2D eigenvalue weighted by Gasteiger charge is 2.87. The lowest BCUT2D eigenvalue weighted by Gasteiger charge is -2.43. The minimum Gasteiger partial charge on any atom is -0.463 e. The maximum atomic E-state index is 15.0. The van der Waals surface area contributed by atoms with Gasteiger partial charge in [-0.1, -0.05) is 38.0 Å². The van der Waals surface area contributed by atoms with Gasteiger partial charge in [0.1, 0.15) is 12.3 Å². The number of hydrogen-bond donors (Lipinski definition) is 5. The van der Waals surface area contributed by atoms with E-state index >= 15 is 0 Å². The summed E-state index contributed by atoms with van der Waals surface area (Å²) >= 11 is 0. The standard InChI is InChI=1S/C44H70N4O6/c1-6-46-36-22-30-11-8-7-10-29(30)21-32(36)25-53-42(52)44-40(51)38-31(20-26(2)3)12-9-13-35(38)39(50)43(44,54-44)23-33(24-49)27(4)14-15-28-18-19-47-41-34(28)16-17-37(45-5)48-41/h8,11,26,28-32,34-38,41,45-49H,6-7,9-10,12-25H2,1-5H3/p+3. The molecule has 3 saturated carbocycles. The van der Waals surface area contributed by atoms with E-state index in [1.54, 1.807) is 0 Å². The van der Waals surface area contributed by atoms with Crippen LogP contribution in [-0.2, 0) is 23.9 Å². The van der Waals surface area contributed by atoms with Crippen LogP contribution in [0.5, 0.6) is 0 Å². The van der Waals surface area contributed by atoms with Crippen LogP contribution in [0.15, 0.2) is 23.3 Å². The van der Waals surface area contributed by atoms with Gasteiger partial charge in [0.05, 0.1) is 39.4 Å². The van der Waals surface area contributed by atoms with Gasteiger partial charge in [-0.2, -0.15) is 0 Å². The minimum atomic E-state index is -1.92. The van der Waals surface area contributed by atoms with E-state index in [0.29, 0.717) is 54.4 Å². The lowest BCUT2D eigenvalue weighted by atomic mass is 9.56. The van der Waals surface area contributed by atoms with Crippen molar-refractivity contribution in [2.75, 3.05) is 33.4 Å². The van der Waals surface area contributed by atoms with Crippen molar-refractivity contribution in [2.45, 2.75) is 147 Å². The van der Waals surface area contributed by atoms with Crippen molar-refractivity contribution in [3.63, 3.8) is 0 Å². The van der Waals surface area contributed by atoms with Crippen LogP contribution in [0.2, 0.25) is 0 Å². The quantitative estimate of drug-likeness (QED) is 0.0789. The number of quaternary nitrogens is 3. The molecule has 6 fully saturated rings. The average molecular weight is 754 g/mol. The molecule has 0 spiro atoms. The van der Waals surface area contributed by atoms with Crippen molar-refractivity contribution in [1.82, 2.24) is 5.32 Å². The number of carbonyl (C=O) groups is 3. The highest BCUT2D eigenvalue weighted by atomic mass is 16.7. The van der Waals surface area contributed by atoms with Crippen LogP contribution in [0.25, 0.3) is 0 Å². The molecule has 8 N–H and O–H groups in total. The largest absolute Gasteiger partial charge is 0.463 e. The van der Waals surface area contributed by atoms with Gasteiger partial charge in [-0.25, -0.2) is 10.1 Å². The molecular formula is C44H73N4O6+3. The molecule has 3 saturated heterocycles. The Morgan fingerprint density at radius 2 is 1.93 bits per heavy atom. The van der Waals surface area contributed by atoms with E-state index < -0.39 is 29.0 Å². The first-order valence-corrected chi connectivity index (χ1v) is 22.2.